The van der Waals surface area contributed by atoms with Crippen molar-refractivity contribution in [1.82, 2.24) is 0 Å². The summed E-state index contributed by atoms with van der Waals surface area (Å²) in [6, 6.07) is 3.64. The highest BCUT2D eigenvalue weighted by atomic mass is 35.5. The van der Waals surface area contributed by atoms with Crippen molar-refractivity contribution in [2.24, 2.45) is 11.8 Å². The third-order valence-electron chi connectivity index (χ3n) is 6.14. The van der Waals surface area contributed by atoms with Crippen molar-refractivity contribution in [1.29, 1.82) is 0 Å². The van der Waals surface area contributed by atoms with Gasteiger partial charge in [0.05, 0.1) is 31.1 Å². The molecule has 1 aromatic carbocycles. The molecule has 33 heavy (non-hydrogen) atoms. The second-order valence-electron chi connectivity index (χ2n) is 9.83. The Balaban J connectivity index is 2.76. The van der Waals surface area contributed by atoms with Gasteiger partial charge in [-0.1, -0.05) is 79.1 Å². The van der Waals surface area contributed by atoms with Crippen molar-refractivity contribution >= 4 is 21.4 Å². The predicted molar refractivity (Wildman–Crippen MR) is 141 cm³/mol. The number of halogens is 1. The predicted octanol–water partition coefficient (Wildman–Crippen LogP) is 7.94. The van der Waals surface area contributed by atoms with Crippen LogP contribution in [0.5, 0.6) is 11.5 Å². The standard InChI is InChI=1S/C27H47ClO4S/c1-6-7-8-9-10-11-17-33(29,30)21-25-19-26(31-5)24(20-28)18-27(25)32-16-15-23(4)14-12-13-22(2)3/h18-19,22-23H,6-17,20-21H2,1-5H3. The largest absolute Gasteiger partial charge is 0.496 e. The van der Waals surface area contributed by atoms with Crippen molar-refractivity contribution in [2.45, 2.75) is 104 Å². The van der Waals surface area contributed by atoms with E-state index >= 15 is 0 Å². The fraction of sp³-hybridized carbons (Fsp3) is 0.778. The molecular formula is C27H47ClO4S. The summed E-state index contributed by atoms with van der Waals surface area (Å²) < 4.78 is 37.2. The van der Waals surface area contributed by atoms with Crippen LogP contribution in [0.15, 0.2) is 12.1 Å². The number of hydrogen-bond donors (Lipinski definition) is 0. The summed E-state index contributed by atoms with van der Waals surface area (Å²) in [5.74, 6) is 3.02. The first-order chi connectivity index (χ1) is 15.7. The molecule has 0 N–H and O–H groups in total. The van der Waals surface area contributed by atoms with E-state index in [0.717, 1.165) is 30.7 Å². The first kappa shape index (κ1) is 30.1. The Morgan fingerprint density at radius 2 is 1.55 bits per heavy atom. The van der Waals surface area contributed by atoms with Gasteiger partial charge in [-0.3, -0.25) is 0 Å². The molecule has 1 rings (SSSR count). The topological polar surface area (TPSA) is 52.6 Å². The van der Waals surface area contributed by atoms with Crippen LogP contribution in [0.25, 0.3) is 0 Å². The number of methoxy groups -OCH3 is 1. The Labute approximate surface area is 208 Å². The van der Waals surface area contributed by atoms with Gasteiger partial charge >= 0.3 is 0 Å². The monoisotopic (exact) mass is 502 g/mol. The number of ether oxygens (including phenoxy) is 2. The number of rotatable bonds is 19. The van der Waals surface area contributed by atoms with Crippen LogP contribution in [0, 0.1) is 11.8 Å². The maximum atomic E-state index is 12.8. The van der Waals surface area contributed by atoms with Gasteiger partial charge < -0.3 is 9.47 Å². The van der Waals surface area contributed by atoms with E-state index < -0.39 is 9.84 Å². The Bertz CT molecular complexity index is 762. The van der Waals surface area contributed by atoms with Crippen LogP contribution >= 0.6 is 11.6 Å². The molecule has 0 saturated carbocycles. The van der Waals surface area contributed by atoms with Gasteiger partial charge in [-0.15, -0.1) is 11.6 Å². The van der Waals surface area contributed by atoms with E-state index in [1.165, 1.54) is 38.5 Å². The molecule has 0 radical (unpaired) electrons. The minimum absolute atomic E-state index is 0.0276. The summed E-state index contributed by atoms with van der Waals surface area (Å²) in [4.78, 5) is 0. The Kier molecular flexibility index (Phi) is 15.2. The van der Waals surface area contributed by atoms with Crippen molar-refractivity contribution in [3.8, 4) is 11.5 Å². The SMILES string of the molecule is CCCCCCCCS(=O)(=O)Cc1cc(OC)c(CCl)cc1OCCC(C)CCCC(C)C. The molecule has 0 aliphatic rings. The summed E-state index contributed by atoms with van der Waals surface area (Å²) in [6.07, 6.45) is 11.0. The Morgan fingerprint density at radius 1 is 0.879 bits per heavy atom. The Hall–Kier alpha value is -0.940. The molecule has 1 unspecified atom stereocenters. The molecule has 1 atom stereocenters. The first-order valence-electron chi connectivity index (χ1n) is 12.8. The minimum Gasteiger partial charge on any atom is -0.496 e. The van der Waals surface area contributed by atoms with Crippen LogP contribution in [0.3, 0.4) is 0 Å². The normalized spacial score (nSPS) is 12.8. The average molecular weight is 503 g/mol. The molecule has 4 nitrogen and oxygen atoms in total. The molecule has 0 aromatic heterocycles. The fourth-order valence-electron chi connectivity index (χ4n) is 3.99. The molecule has 0 amide bonds. The zero-order chi connectivity index (χ0) is 24.7. The van der Waals surface area contributed by atoms with Crippen molar-refractivity contribution in [3.63, 3.8) is 0 Å². The van der Waals surface area contributed by atoms with Crippen LogP contribution in [0.2, 0.25) is 0 Å². The van der Waals surface area contributed by atoms with Gasteiger partial charge in [0.15, 0.2) is 9.84 Å². The summed E-state index contributed by atoms with van der Waals surface area (Å²) in [7, 11) is -1.64. The van der Waals surface area contributed by atoms with Crippen molar-refractivity contribution < 1.29 is 17.9 Å². The van der Waals surface area contributed by atoms with Crippen molar-refractivity contribution in [2.75, 3.05) is 19.5 Å². The molecule has 1 aromatic rings. The molecule has 0 heterocycles. The van der Waals surface area contributed by atoms with Crippen LogP contribution in [0.4, 0.5) is 0 Å². The lowest BCUT2D eigenvalue weighted by molar-refractivity contribution is 0.273. The Morgan fingerprint density at radius 3 is 2.18 bits per heavy atom. The summed E-state index contributed by atoms with van der Waals surface area (Å²) in [5, 5.41) is 0. The zero-order valence-electron chi connectivity index (χ0n) is 21.6. The number of sulfone groups is 1. The lowest BCUT2D eigenvalue weighted by Gasteiger charge is -2.17. The molecule has 6 heteroatoms. The summed E-state index contributed by atoms with van der Waals surface area (Å²) in [6.45, 7) is 9.53. The molecule has 0 bridgehead atoms. The summed E-state index contributed by atoms with van der Waals surface area (Å²) >= 11 is 6.10. The van der Waals surface area contributed by atoms with Gasteiger partial charge in [0.1, 0.15) is 11.5 Å². The van der Waals surface area contributed by atoms with E-state index in [2.05, 4.69) is 27.7 Å². The van der Waals surface area contributed by atoms with Gasteiger partial charge in [0.2, 0.25) is 0 Å². The molecule has 0 fully saturated rings. The molecule has 0 saturated heterocycles. The fourth-order valence-corrected chi connectivity index (χ4v) is 5.68. The van der Waals surface area contributed by atoms with Gasteiger partial charge in [-0.05, 0) is 36.8 Å². The third kappa shape index (κ3) is 12.9. The second kappa shape index (κ2) is 16.6. The molecule has 192 valence electrons. The van der Waals surface area contributed by atoms with E-state index in [0.29, 0.717) is 36.0 Å². The number of unbranched alkanes of at least 4 members (excludes halogenated alkanes) is 5. The van der Waals surface area contributed by atoms with E-state index in [1.807, 2.05) is 6.07 Å². The van der Waals surface area contributed by atoms with E-state index in [1.54, 1.807) is 13.2 Å². The highest BCUT2D eigenvalue weighted by molar-refractivity contribution is 7.90. The van der Waals surface area contributed by atoms with Crippen LogP contribution in [-0.2, 0) is 21.5 Å². The number of hydrogen-bond acceptors (Lipinski definition) is 4. The quantitative estimate of drug-likeness (QED) is 0.142. The van der Waals surface area contributed by atoms with Gasteiger partial charge in [0, 0.05) is 11.1 Å². The highest BCUT2D eigenvalue weighted by Crippen LogP contribution is 2.32. The molecule has 0 aliphatic carbocycles. The smallest absolute Gasteiger partial charge is 0.154 e. The zero-order valence-corrected chi connectivity index (χ0v) is 23.2. The van der Waals surface area contributed by atoms with E-state index in [-0.39, 0.29) is 17.4 Å². The second-order valence-corrected chi connectivity index (χ2v) is 12.3. The maximum Gasteiger partial charge on any atom is 0.154 e. The molecular weight excluding hydrogens is 456 g/mol. The average Bonchev–Trinajstić information content (AvgIpc) is 2.76. The lowest BCUT2D eigenvalue weighted by atomic mass is 9.98. The maximum absolute atomic E-state index is 12.8. The van der Waals surface area contributed by atoms with Crippen molar-refractivity contribution in [3.05, 3.63) is 23.3 Å². The molecule has 0 spiro atoms. The third-order valence-corrected chi connectivity index (χ3v) is 8.09. The van der Waals surface area contributed by atoms with Gasteiger partial charge in [-0.25, -0.2) is 8.42 Å². The van der Waals surface area contributed by atoms with Crippen LogP contribution in [-0.4, -0.2) is 27.9 Å². The van der Waals surface area contributed by atoms with E-state index in [4.69, 9.17) is 21.1 Å². The van der Waals surface area contributed by atoms with Crippen LogP contribution in [0.1, 0.15) is 103 Å². The minimum atomic E-state index is -3.22. The number of alkyl halides is 1. The number of benzene rings is 1. The van der Waals surface area contributed by atoms with Gasteiger partial charge in [-0.2, -0.15) is 0 Å². The molecule has 0 aliphatic heterocycles. The van der Waals surface area contributed by atoms with E-state index in [9.17, 15) is 8.42 Å². The van der Waals surface area contributed by atoms with Gasteiger partial charge in [0.25, 0.3) is 0 Å². The first-order valence-corrected chi connectivity index (χ1v) is 15.2. The highest BCUT2D eigenvalue weighted by Gasteiger charge is 2.19. The summed E-state index contributed by atoms with van der Waals surface area (Å²) in [5.41, 5.74) is 1.48. The lowest BCUT2D eigenvalue weighted by Crippen LogP contribution is -2.12. The van der Waals surface area contributed by atoms with Crippen LogP contribution < -0.4 is 9.47 Å².